The molecule has 3 rings (SSSR count). The first-order valence-electron chi connectivity index (χ1n) is 7.17. The van der Waals surface area contributed by atoms with E-state index in [-0.39, 0.29) is 17.6 Å². The second kappa shape index (κ2) is 6.09. The third kappa shape index (κ3) is 3.05. The molecule has 1 aromatic heterocycles. The molecule has 1 atom stereocenters. The maximum Gasteiger partial charge on any atom is 0.289 e. The quantitative estimate of drug-likeness (QED) is 0.934. The Morgan fingerprint density at radius 2 is 2.32 bits per heavy atom. The molecule has 116 valence electrons. The van der Waals surface area contributed by atoms with Crippen LogP contribution in [0.3, 0.4) is 0 Å². The fourth-order valence-electron chi connectivity index (χ4n) is 2.47. The van der Waals surface area contributed by atoms with Gasteiger partial charge >= 0.3 is 0 Å². The summed E-state index contributed by atoms with van der Waals surface area (Å²) in [4.78, 5) is 11.9. The zero-order valence-corrected chi connectivity index (χ0v) is 12.6. The fourth-order valence-corrected chi connectivity index (χ4v) is 2.47. The van der Waals surface area contributed by atoms with Crippen molar-refractivity contribution in [2.75, 3.05) is 20.3 Å². The second-order valence-electron chi connectivity index (χ2n) is 5.40. The number of ether oxygens (including phenoxy) is 2. The number of aryl methyl sites for hydroxylation is 1. The van der Waals surface area contributed by atoms with Crippen LogP contribution in [-0.2, 0) is 6.42 Å². The van der Waals surface area contributed by atoms with Gasteiger partial charge in [-0.3, -0.25) is 4.79 Å². The molecule has 2 heterocycles. The molecule has 0 fully saturated rings. The number of nitrogens with one attached hydrogen (secondary N) is 1. The van der Waals surface area contributed by atoms with Crippen LogP contribution in [0, 0.1) is 12.8 Å². The lowest BCUT2D eigenvalue weighted by atomic mass is 9.96. The predicted octanol–water partition coefficient (Wildman–Crippen LogP) is 1.97. The predicted molar refractivity (Wildman–Crippen MR) is 79.3 cm³/mol. The van der Waals surface area contributed by atoms with E-state index in [4.69, 9.17) is 14.0 Å². The van der Waals surface area contributed by atoms with E-state index in [1.807, 2.05) is 18.2 Å². The van der Waals surface area contributed by atoms with E-state index in [9.17, 15) is 4.79 Å². The number of hydrogen-bond acceptors (Lipinski definition) is 5. The largest absolute Gasteiger partial charge is 0.497 e. The number of amides is 1. The molecule has 0 aliphatic carbocycles. The third-order valence-corrected chi connectivity index (χ3v) is 3.66. The topological polar surface area (TPSA) is 73.6 Å². The van der Waals surface area contributed by atoms with Crippen molar-refractivity contribution in [1.29, 1.82) is 0 Å². The molecule has 0 saturated carbocycles. The van der Waals surface area contributed by atoms with Crippen LogP contribution >= 0.6 is 0 Å². The molecule has 2 aromatic rings. The number of carbonyl (C=O) groups excluding carboxylic acids is 1. The number of methoxy groups -OCH3 is 1. The summed E-state index contributed by atoms with van der Waals surface area (Å²) in [6.07, 6.45) is 0.856. The van der Waals surface area contributed by atoms with Gasteiger partial charge in [0.1, 0.15) is 11.5 Å². The molecule has 1 aliphatic heterocycles. The third-order valence-electron chi connectivity index (χ3n) is 3.66. The van der Waals surface area contributed by atoms with Crippen molar-refractivity contribution in [3.05, 3.63) is 41.3 Å². The maximum atomic E-state index is 11.9. The van der Waals surface area contributed by atoms with Crippen molar-refractivity contribution in [1.82, 2.24) is 10.5 Å². The number of carbonyl (C=O) groups is 1. The Morgan fingerprint density at radius 3 is 3.05 bits per heavy atom. The van der Waals surface area contributed by atoms with Crippen LogP contribution in [0.4, 0.5) is 0 Å². The van der Waals surface area contributed by atoms with Gasteiger partial charge in [-0.2, -0.15) is 0 Å². The molecule has 1 aromatic carbocycles. The van der Waals surface area contributed by atoms with E-state index < -0.39 is 0 Å². The van der Waals surface area contributed by atoms with Gasteiger partial charge in [-0.25, -0.2) is 0 Å². The van der Waals surface area contributed by atoms with Crippen molar-refractivity contribution in [2.45, 2.75) is 13.3 Å². The second-order valence-corrected chi connectivity index (χ2v) is 5.40. The van der Waals surface area contributed by atoms with Crippen molar-refractivity contribution in [2.24, 2.45) is 5.92 Å². The average Bonchev–Trinajstić information content (AvgIpc) is 2.98. The summed E-state index contributed by atoms with van der Waals surface area (Å²) in [5.41, 5.74) is 1.82. The Balaban J connectivity index is 1.57. The van der Waals surface area contributed by atoms with Gasteiger partial charge in [-0.15, -0.1) is 0 Å². The highest BCUT2D eigenvalue weighted by molar-refractivity contribution is 5.91. The van der Waals surface area contributed by atoms with Gasteiger partial charge in [0.15, 0.2) is 0 Å². The lowest BCUT2D eigenvalue weighted by Gasteiger charge is -2.25. The van der Waals surface area contributed by atoms with Crippen molar-refractivity contribution >= 4 is 5.91 Å². The van der Waals surface area contributed by atoms with Crippen molar-refractivity contribution in [3.8, 4) is 11.5 Å². The molecule has 1 unspecified atom stereocenters. The smallest absolute Gasteiger partial charge is 0.289 e. The minimum atomic E-state index is -0.249. The Hall–Kier alpha value is -2.50. The SMILES string of the molecule is COc1ccc2c(c1)OCC(CNC(=O)c1cc(C)no1)C2. The summed E-state index contributed by atoms with van der Waals surface area (Å²) in [6.45, 7) is 2.88. The van der Waals surface area contributed by atoms with E-state index in [0.29, 0.717) is 18.8 Å². The monoisotopic (exact) mass is 302 g/mol. The Morgan fingerprint density at radius 1 is 1.45 bits per heavy atom. The van der Waals surface area contributed by atoms with Crippen LogP contribution in [0.15, 0.2) is 28.8 Å². The molecule has 6 heteroatoms. The Labute approximate surface area is 128 Å². The van der Waals surface area contributed by atoms with Gasteiger partial charge in [0.2, 0.25) is 5.76 Å². The molecule has 0 bridgehead atoms. The van der Waals surface area contributed by atoms with Gasteiger partial charge in [-0.1, -0.05) is 11.2 Å². The van der Waals surface area contributed by atoms with Crippen molar-refractivity contribution < 1.29 is 18.8 Å². The highest BCUT2D eigenvalue weighted by Crippen LogP contribution is 2.30. The van der Waals surface area contributed by atoms with Crippen LogP contribution in [0.5, 0.6) is 11.5 Å². The fraction of sp³-hybridized carbons (Fsp3) is 0.375. The Kier molecular flexibility index (Phi) is 4.00. The van der Waals surface area contributed by atoms with E-state index in [1.165, 1.54) is 0 Å². The first-order valence-corrected chi connectivity index (χ1v) is 7.17. The summed E-state index contributed by atoms with van der Waals surface area (Å²) in [6, 6.07) is 7.43. The highest BCUT2D eigenvalue weighted by Gasteiger charge is 2.22. The number of nitrogens with zero attached hydrogens (tertiary/aromatic N) is 1. The maximum absolute atomic E-state index is 11.9. The van der Waals surface area contributed by atoms with Gasteiger partial charge in [0.25, 0.3) is 5.91 Å². The molecule has 0 saturated heterocycles. The van der Waals surface area contributed by atoms with E-state index >= 15 is 0 Å². The normalized spacial score (nSPS) is 16.5. The van der Waals surface area contributed by atoms with Crippen molar-refractivity contribution in [3.63, 3.8) is 0 Å². The number of aromatic nitrogens is 1. The molecule has 1 N–H and O–H groups in total. The lowest BCUT2D eigenvalue weighted by molar-refractivity contribution is 0.0902. The van der Waals surface area contributed by atoms with Crippen LogP contribution in [0.25, 0.3) is 0 Å². The molecule has 1 amide bonds. The van der Waals surface area contributed by atoms with E-state index in [0.717, 1.165) is 23.5 Å². The van der Waals surface area contributed by atoms with Gasteiger partial charge in [-0.05, 0) is 25.0 Å². The molecule has 6 nitrogen and oxygen atoms in total. The number of benzene rings is 1. The van der Waals surface area contributed by atoms with Gasteiger partial charge in [0.05, 0.1) is 19.4 Å². The number of fused-ring (bicyclic) bond motifs is 1. The summed E-state index contributed by atoms with van der Waals surface area (Å²) in [7, 11) is 1.63. The molecule has 22 heavy (non-hydrogen) atoms. The van der Waals surface area contributed by atoms with Gasteiger partial charge in [0, 0.05) is 24.6 Å². The van der Waals surface area contributed by atoms with E-state index in [2.05, 4.69) is 10.5 Å². The van der Waals surface area contributed by atoms with Crippen LogP contribution in [-0.4, -0.2) is 31.3 Å². The zero-order chi connectivity index (χ0) is 15.5. The minimum absolute atomic E-state index is 0.230. The molecule has 1 aliphatic rings. The summed E-state index contributed by atoms with van der Waals surface area (Å²) >= 11 is 0. The first kappa shape index (κ1) is 14.4. The van der Waals surface area contributed by atoms with Crippen LogP contribution in [0.1, 0.15) is 21.8 Å². The molecular weight excluding hydrogens is 284 g/mol. The number of hydrogen-bond donors (Lipinski definition) is 1. The first-order chi connectivity index (χ1) is 10.7. The van der Waals surface area contributed by atoms with E-state index in [1.54, 1.807) is 20.1 Å². The Bertz CT molecular complexity index is 681. The summed E-state index contributed by atoms with van der Waals surface area (Å²) in [5.74, 6) is 1.85. The molecular formula is C16H18N2O4. The van der Waals surface area contributed by atoms with Crippen LogP contribution in [0.2, 0.25) is 0 Å². The van der Waals surface area contributed by atoms with Crippen LogP contribution < -0.4 is 14.8 Å². The zero-order valence-electron chi connectivity index (χ0n) is 12.6. The lowest BCUT2D eigenvalue weighted by Crippen LogP contribution is -2.34. The average molecular weight is 302 g/mol. The summed E-state index contributed by atoms with van der Waals surface area (Å²) < 4.78 is 15.9. The molecule has 0 spiro atoms. The standard InChI is InChI=1S/C16H18N2O4/c1-10-5-15(22-18-10)16(19)17-8-11-6-12-3-4-13(20-2)7-14(12)21-9-11/h3-5,7,11H,6,8-9H2,1-2H3,(H,17,19). The van der Waals surface area contributed by atoms with Gasteiger partial charge < -0.3 is 19.3 Å². The molecule has 0 radical (unpaired) electrons. The number of rotatable bonds is 4. The minimum Gasteiger partial charge on any atom is -0.497 e. The summed E-state index contributed by atoms with van der Waals surface area (Å²) in [5, 5.41) is 6.56. The highest BCUT2D eigenvalue weighted by atomic mass is 16.5.